The van der Waals surface area contributed by atoms with Gasteiger partial charge in [0.25, 0.3) is 0 Å². The van der Waals surface area contributed by atoms with Gasteiger partial charge in [0.15, 0.2) is 0 Å². The molecule has 0 radical (unpaired) electrons. The lowest BCUT2D eigenvalue weighted by molar-refractivity contribution is -0.141. The Morgan fingerprint density at radius 1 is 1.06 bits per heavy atom. The van der Waals surface area contributed by atoms with E-state index in [4.69, 9.17) is 16.3 Å². The zero-order chi connectivity index (χ0) is 22.2. The van der Waals surface area contributed by atoms with Crippen molar-refractivity contribution < 1.29 is 14.3 Å². The molecule has 0 bridgehead atoms. The Hall–Kier alpha value is -2.53. The first kappa shape index (κ1) is 23.1. The summed E-state index contributed by atoms with van der Waals surface area (Å²) in [5, 5.41) is 3.80. The molecule has 1 aliphatic carbocycles. The monoisotopic (exact) mass is 442 g/mol. The third-order valence-corrected chi connectivity index (χ3v) is 6.12. The lowest BCUT2D eigenvalue weighted by Crippen LogP contribution is -2.51. The van der Waals surface area contributed by atoms with Crippen molar-refractivity contribution in [1.29, 1.82) is 0 Å². The average molecular weight is 443 g/mol. The molecule has 0 saturated heterocycles. The van der Waals surface area contributed by atoms with Gasteiger partial charge in [0.05, 0.1) is 13.5 Å². The number of hydrogen-bond donors (Lipinski definition) is 1. The third kappa shape index (κ3) is 6.47. The van der Waals surface area contributed by atoms with E-state index in [1.54, 1.807) is 24.1 Å². The van der Waals surface area contributed by atoms with Crippen molar-refractivity contribution in [3.8, 4) is 5.75 Å². The van der Waals surface area contributed by atoms with Gasteiger partial charge in [0.1, 0.15) is 11.8 Å². The molecule has 31 heavy (non-hydrogen) atoms. The summed E-state index contributed by atoms with van der Waals surface area (Å²) in [6, 6.07) is 14.6. The molecule has 1 atom stereocenters. The highest BCUT2D eigenvalue weighted by atomic mass is 35.5. The van der Waals surface area contributed by atoms with Crippen LogP contribution in [-0.4, -0.2) is 35.9 Å². The summed E-state index contributed by atoms with van der Waals surface area (Å²) >= 11 is 5.98. The van der Waals surface area contributed by atoms with Crippen LogP contribution in [0.2, 0.25) is 5.02 Å². The maximum atomic E-state index is 13.4. The summed E-state index contributed by atoms with van der Waals surface area (Å²) in [5.41, 5.74) is 1.83. The minimum absolute atomic E-state index is 0.0626. The molecule has 6 heteroatoms. The number of nitrogens with one attached hydrogen (secondary N) is 1. The number of ether oxygens (including phenoxy) is 1. The first-order valence-electron chi connectivity index (χ1n) is 11.0. The van der Waals surface area contributed by atoms with Crippen LogP contribution in [0.5, 0.6) is 5.75 Å². The van der Waals surface area contributed by atoms with Crippen LogP contribution >= 0.6 is 11.6 Å². The number of carbonyl (C=O) groups is 2. The van der Waals surface area contributed by atoms with Crippen molar-refractivity contribution in [3.63, 3.8) is 0 Å². The van der Waals surface area contributed by atoms with E-state index in [0.717, 1.165) is 42.6 Å². The number of carbonyl (C=O) groups excluding carboxylic acids is 2. The van der Waals surface area contributed by atoms with Crippen molar-refractivity contribution in [3.05, 3.63) is 64.7 Å². The fraction of sp³-hybridized carbons (Fsp3) is 0.440. The first-order valence-corrected chi connectivity index (χ1v) is 11.3. The summed E-state index contributed by atoms with van der Waals surface area (Å²) in [5.74, 6) is 0.618. The second-order valence-corrected chi connectivity index (χ2v) is 8.52. The van der Waals surface area contributed by atoms with Crippen LogP contribution < -0.4 is 10.1 Å². The number of hydrogen-bond acceptors (Lipinski definition) is 3. The molecule has 0 spiro atoms. The number of halogens is 1. The Kier molecular flexibility index (Phi) is 8.35. The maximum Gasteiger partial charge on any atom is 0.243 e. The molecule has 0 heterocycles. The highest BCUT2D eigenvalue weighted by molar-refractivity contribution is 6.30. The standard InChI is InChI=1S/C25H31ClN2O3/c1-3-23(25(30)27-21-6-4-5-7-21)28(17-19-10-14-22(31-2)15-11-19)24(29)16-18-8-12-20(26)13-9-18/h8-15,21,23H,3-7,16-17H2,1-2H3,(H,27,30)/t23-/m0/s1. The van der Waals surface area contributed by atoms with Gasteiger partial charge in [-0.15, -0.1) is 0 Å². The van der Waals surface area contributed by atoms with Gasteiger partial charge >= 0.3 is 0 Å². The van der Waals surface area contributed by atoms with Crippen molar-refractivity contribution in [2.75, 3.05) is 7.11 Å². The summed E-state index contributed by atoms with van der Waals surface area (Å²) < 4.78 is 5.24. The number of methoxy groups -OCH3 is 1. The Bertz CT molecular complexity index is 861. The first-order chi connectivity index (χ1) is 15.0. The Morgan fingerprint density at radius 3 is 2.26 bits per heavy atom. The zero-order valence-corrected chi connectivity index (χ0v) is 19.0. The molecule has 3 rings (SSSR count). The molecule has 1 aliphatic rings. The number of rotatable bonds is 9. The van der Waals surface area contributed by atoms with Crippen LogP contribution in [0.25, 0.3) is 0 Å². The second kappa shape index (κ2) is 11.2. The van der Waals surface area contributed by atoms with Crippen LogP contribution in [0.15, 0.2) is 48.5 Å². The second-order valence-electron chi connectivity index (χ2n) is 8.09. The molecule has 1 fully saturated rings. The molecule has 0 aromatic heterocycles. The summed E-state index contributed by atoms with van der Waals surface area (Å²) in [4.78, 5) is 28.2. The van der Waals surface area contributed by atoms with E-state index >= 15 is 0 Å². The van der Waals surface area contributed by atoms with Crippen molar-refractivity contribution in [1.82, 2.24) is 10.2 Å². The van der Waals surface area contributed by atoms with Crippen molar-refractivity contribution in [2.24, 2.45) is 0 Å². The zero-order valence-electron chi connectivity index (χ0n) is 18.3. The van der Waals surface area contributed by atoms with E-state index in [9.17, 15) is 9.59 Å². The summed E-state index contributed by atoms with van der Waals surface area (Å²) in [6.45, 7) is 2.32. The number of nitrogens with zero attached hydrogens (tertiary/aromatic N) is 1. The van der Waals surface area contributed by atoms with Crippen LogP contribution in [-0.2, 0) is 22.6 Å². The predicted molar refractivity (Wildman–Crippen MR) is 123 cm³/mol. The molecule has 2 aromatic carbocycles. The molecule has 2 aromatic rings. The third-order valence-electron chi connectivity index (χ3n) is 5.87. The SMILES string of the molecule is CC[C@@H](C(=O)NC1CCCC1)N(Cc1ccc(OC)cc1)C(=O)Cc1ccc(Cl)cc1. The van der Waals surface area contributed by atoms with Crippen molar-refractivity contribution in [2.45, 2.75) is 64.1 Å². The van der Waals surface area contributed by atoms with E-state index in [1.165, 1.54) is 0 Å². The van der Waals surface area contributed by atoms with Gasteiger partial charge < -0.3 is 15.0 Å². The van der Waals surface area contributed by atoms with Gasteiger partial charge in [0, 0.05) is 17.6 Å². The van der Waals surface area contributed by atoms with Crippen LogP contribution in [0.4, 0.5) is 0 Å². The highest BCUT2D eigenvalue weighted by Crippen LogP contribution is 2.21. The van der Waals surface area contributed by atoms with Crippen LogP contribution in [0.3, 0.4) is 0 Å². The number of benzene rings is 2. The Morgan fingerprint density at radius 2 is 1.68 bits per heavy atom. The summed E-state index contributed by atoms with van der Waals surface area (Å²) in [6.07, 6.45) is 5.10. The molecular formula is C25H31ClN2O3. The number of amides is 2. The summed E-state index contributed by atoms with van der Waals surface area (Å²) in [7, 11) is 1.62. The highest BCUT2D eigenvalue weighted by Gasteiger charge is 2.30. The van der Waals surface area contributed by atoms with Crippen molar-refractivity contribution >= 4 is 23.4 Å². The minimum atomic E-state index is -0.512. The molecular weight excluding hydrogens is 412 g/mol. The lowest BCUT2D eigenvalue weighted by Gasteiger charge is -2.31. The largest absolute Gasteiger partial charge is 0.497 e. The van der Waals surface area contributed by atoms with Gasteiger partial charge in [-0.25, -0.2) is 0 Å². The molecule has 1 N–H and O–H groups in total. The molecule has 5 nitrogen and oxygen atoms in total. The van der Waals surface area contributed by atoms with E-state index < -0.39 is 6.04 Å². The maximum absolute atomic E-state index is 13.4. The van der Waals surface area contributed by atoms with E-state index in [2.05, 4.69) is 5.32 Å². The molecule has 2 amide bonds. The topological polar surface area (TPSA) is 58.6 Å². The van der Waals surface area contributed by atoms with Gasteiger partial charge in [-0.2, -0.15) is 0 Å². The Labute approximate surface area is 189 Å². The predicted octanol–water partition coefficient (Wildman–Crippen LogP) is 4.76. The fourth-order valence-corrected chi connectivity index (χ4v) is 4.22. The van der Waals surface area contributed by atoms with E-state index in [0.29, 0.717) is 18.0 Å². The van der Waals surface area contributed by atoms with E-state index in [1.807, 2.05) is 43.3 Å². The molecule has 166 valence electrons. The molecule has 0 unspecified atom stereocenters. The lowest BCUT2D eigenvalue weighted by atomic mass is 10.1. The van der Waals surface area contributed by atoms with E-state index in [-0.39, 0.29) is 24.3 Å². The van der Waals surface area contributed by atoms with Gasteiger partial charge in [0.2, 0.25) is 11.8 Å². The Balaban J connectivity index is 1.80. The fourth-order valence-electron chi connectivity index (χ4n) is 4.09. The smallest absolute Gasteiger partial charge is 0.243 e. The minimum Gasteiger partial charge on any atom is -0.497 e. The quantitative estimate of drug-likeness (QED) is 0.609. The normalized spacial score (nSPS) is 14.8. The van der Waals surface area contributed by atoms with Crippen LogP contribution in [0.1, 0.15) is 50.2 Å². The average Bonchev–Trinajstić information content (AvgIpc) is 3.28. The van der Waals surface area contributed by atoms with Gasteiger partial charge in [-0.1, -0.05) is 55.6 Å². The van der Waals surface area contributed by atoms with Crippen LogP contribution in [0, 0.1) is 0 Å². The van der Waals surface area contributed by atoms with Gasteiger partial charge in [-0.05, 0) is 54.7 Å². The molecule has 0 aliphatic heterocycles. The molecule has 1 saturated carbocycles. The van der Waals surface area contributed by atoms with Gasteiger partial charge in [-0.3, -0.25) is 9.59 Å².